The molecule has 1 fully saturated rings. The number of hydrogen-bond donors (Lipinski definition) is 2. The molecule has 0 saturated carbocycles. The molecule has 144 valence electrons. The van der Waals surface area contributed by atoms with E-state index in [1.165, 1.54) is 23.2 Å². The summed E-state index contributed by atoms with van der Waals surface area (Å²) in [5.74, 6) is -0.00285. The summed E-state index contributed by atoms with van der Waals surface area (Å²) in [7, 11) is 0. The van der Waals surface area contributed by atoms with Crippen LogP contribution in [0.25, 0.3) is 21.7 Å². The molecule has 1 aliphatic heterocycles. The molecular formula is C18H20Cl2N4O3. The highest BCUT2D eigenvalue weighted by atomic mass is 35.5. The number of ketones is 1. The van der Waals surface area contributed by atoms with Gasteiger partial charge in [-0.3, -0.25) is 19.4 Å². The number of rotatable bonds is 3. The SMILES string of the molecule is Cl.Cl.O=C(Cn1c(=O)c2ccncc2c2c(=O)[nH]ccc21)C1CCNCC1. The first-order valence-electron chi connectivity index (χ1n) is 8.38. The fraction of sp³-hybridized carbons (Fsp3) is 0.333. The average molecular weight is 411 g/mol. The van der Waals surface area contributed by atoms with E-state index in [2.05, 4.69) is 15.3 Å². The second kappa shape index (κ2) is 8.65. The Morgan fingerprint density at radius 3 is 2.63 bits per heavy atom. The number of carbonyl (C=O) groups is 1. The number of aromatic amines is 1. The van der Waals surface area contributed by atoms with Crippen molar-refractivity contribution in [2.24, 2.45) is 5.92 Å². The molecule has 1 aliphatic rings. The summed E-state index contributed by atoms with van der Waals surface area (Å²) < 4.78 is 1.43. The van der Waals surface area contributed by atoms with E-state index in [1.807, 2.05) is 0 Å². The number of H-pyrrole nitrogens is 1. The van der Waals surface area contributed by atoms with Crippen molar-refractivity contribution in [3.05, 3.63) is 51.4 Å². The molecule has 0 radical (unpaired) electrons. The summed E-state index contributed by atoms with van der Waals surface area (Å²) in [6.45, 7) is 1.62. The van der Waals surface area contributed by atoms with Crippen LogP contribution in [0.3, 0.4) is 0 Å². The minimum absolute atomic E-state index is 0. The summed E-state index contributed by atoms with van der Waals surface area (Å²) in [4.78, 5) is 44.7. The Hall–Kier alpha value is -2.22. The Bertz CT molecular complexity index is 1090. The molecule has 4 rings (SSSR count). The third kappa shape index (κ3) is 3.76. The molecule has 3 aromatic rings. The molecule has 0 amide bonds. The van der Waals surface area contributed by atoms with Gasteiger partial charge in [-0.2, -0.15) is 0 Å². The van der Waals surface area contributed by atoms with E-state index in [1.54, 1.807) is 12.1 Å². The molecular weight excluding hydrogens is 391 g/mol. The van der Waals surface area contributed by atoms with Crippen LogP contribution in [0.15, 0.2) is 40.3 Å². The molecule has 9 heteroatoms. The molecule has 27 heavy (non-hydrogen) atoms. The molecule has 2 N–H and O–H groups in total. The first kappa shape index (κ1) is 21.1. The van der Waals surface area contributed by atoms with Gasteiger partial charge in [-0.25, -0.2) is 0 Å². The van der Waals surface area contributed by atoms with E-state index in [0.29, 0.717) is 21.7 Å². The van der Waals surface area contributed by atoms with Crippen LogP contribution in [0.2, 0.25) is 0 Å². The molecule has 3 aromatic heterocycles. The van der Waals surface area contributed by atoms with Gasteiger partial charge < -0.3 is 14.9 Å². The predicted molar refractivity (Wildman–Crippen MR) is 109 cm³/mol. The molecule has 0 aliphatic carbocycles. The van der Waals surface area contributed by atoms with Gasteiger partial charge in [0.1, 0.15) is 0 Å². The number of aromatic nitrogens is 3. The number of piperidine rings is 1. The van der Waals surface area contributed by atoms with Crippen molar-refractivity contribution in [3.8, 4) is 0 Å². The number of pyridine rings is 3. The molecule has 0 spiro atoms. The Kier molecular flexibility index (Phi) is 6.75. The van der Waals surface area contributed by atoms with Crippen molar-refractivity contribution in [2.75, 3.05) is 13.1 Å². The number of nitrogens with zero attached hydrogens (tertiary/aromatic N) is 2. The van der Waals surface area contributed by atoms with Crippen molar-refractivity contribution in [3.63, 3.8) is 0 Å². The predicted octanol–water partition coefficient (Wildman–Crippen LogP) is 1.65. The van der Waals surface area contributed by atoms with Crippen LogP contribution in [0, 0.1) is 5.92 Å². The van der Waals surface area contributed by atoms with Gasteiger partial charge in [0, 0.05) is 29.9 Å². The number of nitrogens with one attached hydrogen (secondary N) is 2. The molecule has 7 nitrogen and oxygen atoms in total. The summed E-state index contributed by atoms with van der Waals surface area (Å²) in [6, 6.07) is 3.26. The Balaban J connectivity index is 0.00000131. The van der Waals surface area contributed by atoms with Gasteiger partial charge in [0.2, 0.25) is 0 Å². The molecule has 0 unspecified atom stereocenters. The van der Waals surface area contributed by atoms with Gasteiger partial charge in [-0.1, -0.05) is 0 Å². The fourth-order valence-corrected chi connectivity index (χ4v) is 3.57. The fourth-order valence-electron chi connectivity index (χ4n) is 3.57. The van der Waals surface area contributed by atoms with Crippen molar-refractivity contribution in [1.29, 1.82) is 0 Å². The summed E-state index contributed by atoms with van der Waals surface area (Å²) in [5.41, 5.74) is -0.0899. The normalized spacial score (nSPS) is 14.5. The summed E-state index contributed by atoms with van der Waals surface area (Å²) in [5, 5.41) is 4.53. The molecule has 1 saturated heterocycles. The average Bonchev–Trinajstić information content (AvgIpc) is 2.65. The van der Waals surface area contributed by atoms with Crippen LogP contribution in [0.5, 0.6) is 0 Å². The van der Waals surface area contributed by atoms with Crippen molar-refractivity contribution < 1.29 is 4.79 Å². The zero-order valence-corrected chi connectivity index (χ0v) is 16.1. The van der Waals surface area contributed by atoms with Crippen molar-refractivity contribution in [2.45, 2.75) is 19.4 Å². The number of hydrogen-bond acceptors (Lipinski definition) is 5. The maximum absolute atomic E-state index is 12.9. The van der Waals surface area contributed by atoms with Gasteiger partial charge in [0.25, 0.3) is 11.1 Å². The highest BCUT2D eigenvalue weighted by molar-refractivity contribution is 6.04. The van der Waals surface area contributed by atoms with E-state index in [0.717, 1.165) is 25.9 Å². The minimum atomic E-state index is -0.293. The van der Waals surface area contributed by atoms with Crippen LogP contribution < -0.4 is 16.4 Å². The largest absolute Gasteiger partial charge is 0.328 e. The van der Waals surface area contributed by atoms with Crippen molar-refractivity contribution >= 4 is 52.3 Å². The standard InChI is InChI=1S/C18H18N4O3.2ClH/c23-15(11-1-5-19-6-2-11)10-22-14-4-8-21-17(24)16(14)13-9-20-7-3-12(13)18(22)25;;/h3-4,7-9,11,19H,1-2,5-6,10H2,(H,21,24);2*1H. The van der Waals surface area contributed by atoms with E-state index in [9.17, 15) is 14.4 Å². The number of halogens is 2. The maximum atomic E-state index is 12.9. The monoisotopic (exact) mass is 410 g/mol. The zero-order chi connectivity index (χ0) is 17.4. The van der Waals surface area contributed by atoms with Crippen LogP contribution >= 0.6 is 24.8 Å². The van der Waals surface area contributed by atoms with Crippen LogP contribution in [0.1, 0.15) is 12.8 Å². The lowest BCUT2D eigenvalue weighted by Crippen LogP contribution is -2.35. The van der Waals surface area contributed by atoms with Gasteiger partial charge in [-0.15, -0.1) is 24.8 Å². The summed E-state index contributed by atoms with van der Waals surface area (Å²) in [6.07, 6.45) is 6.10. The van der Waals surface area contributed by atoms with E-state index in [4.69, 9.17) is 0 Å². The number of Topliss-reactive ketones (excluding diaryl/α,β-unsaturated/α-hetero) is 1. The smallest absolute Gasteiger partial charge is 0.259 e. The first-order valence-corrected chi connectivity index (χ1v) is 8.38. The van der Waals surface area contributed by atoms with Crippen LogP contribution in [-0.2, 0) is 11.3 Å². The second-order valence-electron chi connectivity index (χ2n) is 6.37. The zero-order valence-electron chi connectivity index (χ0n) is 14.4. The Labute approximate surface area is 167 Å². The van der Waals surface area contributed by atoms with Crippen molar-refractivity contribution in [1.82, 2.24) is 19.9 Å². The molecule has 0 bridgehead atoms. The number of fused-ring (bicyclic) bond motifs is 3. The van der Waals surface area contributed by atoms with E-state index >= 15 is 0 Å². The maximum Gasteiger partial charge on any atom is 0.259 e. The second-order valence-corrected chi connectivity index (χ2v) is 6.37. The minimum Gasteiger partial charge on any atom is -0.328 e. The highest BCUT2D eigenvalue weighted by Crippen LogP contribution is 2.20. The first-order chi connectivity index (χ1) is 12.2. The third-order valence-electron chi connectivity index (χ3n) is 4.90. The van der Waals surface area contributed by atoms with E-state index in [-0.39, 0.29) is 54.2 Å². The van der Waals surface area contributed by atoms with Crippen LogP contribution in [0.4, 0.5) is 0 Å². The topological polar surface area (TPSA) is 96.8 Å². The van der Waals surface area contributed by atoms with Crippen LogP contribution in [-0.4, -0.2) is 33.4 Å². The number of carbonyl (C=O) groups excluding carboxylic acids is 1. The van der Waals surface area contributed by atoms with E-state index < -0.39 is 0 Å². The third-order valence-corrected chi connectivity index (χ3v) is 4.90. The molecule has 4 heterocycles. The Morgan fingerprint density at radius 2 is 1.89 bits per heavy atom. The lowest BCUT2D eigenvalue weighted by molar-refractivity contribution is -0.124. The molecule has 0 aromatic carbocycles. The quantitative estimate of drug-likeness (QED) is 0.639. The lowest BCUT2D eigenvalue weighted by atomic mass is 9.93. The highest BCUT2D eigenvalue weighted by Gasteiger charge is 2.23. The summed E-state index contributed by atoms with van der Waals surface area (Å²) >= 11 is 0. The van der Waals surface area contributed by atoms with Gasteiger partial charge in [-0.05, 0) is 38.1 Å². The lowest BCUT2D eigenvalue weighted by Gasteiger charge is -2.22. The Morgan fingerprint density at radius 1 is 1.15 bits per heavy atom. The van der Waals surface area contributed by atoms with Gasteiger partial charge in [0.05, 0.1) is 22.8 Å². The van der Waals surface area contributed by atoms with Gasteiger partial charge in [0.15, 0.2) is 5.78 Å². The van der Waals surface area contributed by atoms with Gasteiger partial charge >= 0.3 is 0 Å². The molecule has 0 atom stereocenters.